The molecule has 0 heterocycles. The number of aliphatic hydroxyl groups is 1. The highest BCUT2D eigenvalue weighted by Crippen LogP contribution is 2.13. The molecule has 0 aliphatic heterocycles. The molecule has 0 spiro atoms. The third-order valence-corrected chi connectivity index (χ3v) is 2.42. The first kappa shape index (κ1) is 11.0. The molecule has 0 unspecified atom stereocenters. The van der Waals surface area contributed by atoms with Crippen molar-refractivity contribution in [1.82, 2.24) is 0 Å². The number of hydrogen-bond donors (Lipinski definition) is 3. The predicted octanol–water partition coefficient (Wildman–Crippen LogP) is 0.879. The molecule has 0 saturated carbocycles. The summed E-state index contributed by atoms with van der Waals surface area (Å²) >= 11 is 0. The van der Waals surface area contributed by atoms with Gasteiger partial charge in [-0.15, -0.1) is 0 Å². The van der Waals surface area contributed by atoms with E-state index in [2.05, 4.69) is 5.32 Å². The Kier molecular flexibility index (Phi) is 3.45. The van der Waals surface area contributed by atoms with E-state index in [0.29, 0.717) is 5.69 Å². The van der Waals surface area contributed by atoms with Crippen molar-refractivity contribution < 1.29 is 18.1 Å². The smallest absolute Gasteiger partial charge is 0.294 e. The van der Waals surface area contributed by atoms with Crippen LogP contribution in [0.15, 0.2) is 29.2 Å². The second-order valence-corrected chi connectivity index (χ2v) is 3.98. The van der Waals surface area contributed by atoms with Crippen LogP contribution in [0.25, 0.3) is 0 Å². The first-order chi connectivity index (χ1) is 6.54. The van der Waals surface area contributed by atoms with Gasteiger partial charge in [-0.1, -0.05) is 0 Å². The Hall–Kier alpha value is -1.11. The second-order valence-electron chi connectivity index (χ2n) is 2.56. The van der Waals surface area contributed by atoms with Gasteiger partial charge in [0.2, 0.25) is 0 Å². The molecular formula is C8H10NO4S. The van der Waals surface area contributed by atoms with E-state index < -0.39 is 10.1 Å². The van der Waals surface area contributed by atoms with E-state index in [1.54, 1.807) is 0 Å². The molecule has 0 atom stereocenters. The summed E-state index contributed by atoms with van der Waals surface area (Å²) in [4.78, 5) is -0.156. The van der Waals surface area contributed by atoms with Crippen LogP contribution >= 0.6 is 0 Å². The average molecular weight is 216 g/mol. The zero-order valence-corrected chi connectivity index (χ0v) is 8.03. The number of nitrogens with one attached hydrogen (secondary N) is 1. The van der Waals surface area contributed by atoms with Crippen molar-refractivity contribution in [2.45, 2.75) is 4.90 Å². The van der Waals surface area contributed by atoms with E-state index in [1.165, 1.54) is 24.3 Å². The Morgan fingerprint density at radius 2 is 1.86 bits per heavy atom. The van der Waals surface area contributed by atoms with Crippen LogP contribution in [0.1, 0.15) is 0 Å². The van der Waals surface area contributed by atoms with Gasteiger partial charge in [-0.2, -0.15) is 8.42 Å². The maximum atomic E-state index is 10.6. The summed E-state index contributed by atoms with van der Waals surface area (Å²) in [5.41, 5.74) is 0.655. The SMILES string of the molecule is O=S(=O)(O)c1ccc(NC[CH]O)cc1. The van der Waals surface area contributed by atoms with Crippen LogP contribution in [0, 0.1) is 6.61 Å². The van der Waals surface area contributed by atoms with Gasteiger partial charge in [0.05, 0.1) is 11.5 Å². The molecule has 0 aliphatic rings. The van der Waals surface area contributed by atoms with Crippen molar-refractivity contribution in [3.8, 4) is 0 Å². The molecule has 0 fully saturated rings. The summed E-state index contributed by atoms with van der Waals surface area (Å²) in [7, 11) is -4.13. The van der Waals surface area contributed by atoms with Crippen molar-refractivity contribution in [2.75, 3.05) is 11.9 Å². The van der Waals surface area contributed by atoms with Crippen molar-refractivity contribution in [1.29, 1.82) is 0 Å². The maximum Gasteiger partial charge on any atom is 0.294 e. The van der Waals surface area contributed by atoms with Gasteiger partial charge in [0.15, 0.2) is 0 Å². The van der Waals surface area contributed by atoms with Crippen molar-refractivity contribution in [2.24, 2.45) is 0 Å². The van der Waals surface area contributed by atoms with Crippen LogP contribution in [-0.2, 0) is 10.1 Å². The Balaban J connectivity index is 2.79. The van der Waals surface area contributed by atoms with E-state index >= 15 is 0 Å². The lowest BCUT2D eigenvalue weighted by Gasteiger charge is -2.03. The monoisotopic (exact) mass is 216 g/mol. The van der Waals surface area contributed by atoms with E-state index in [4.69, 9.17) is 9.66 Å². The number of rotatable bonds is 4. The topological polar surface area (TPSA) is 86.6 Å². The first-order valence-electron chi connectivity index (χ1n) is 3.81. The van der Waals surface area contributed by atoms with Crippen LogP contribution in [0.3, 0.4) is 0 Å². The highest BCUT2D eigenvalue weighted by Gasteiger charge is 2.07. The molecule has 0 bridgehead atoms. The fourth-order valence-corrected chi connectivity index (χ4v) is 1.39. The van der Waals surface area contributed by atoms with Gasteiger partial charge in [-0.05, 0) is 24.3 Å². The molecule has 6 heteroatoms. The number of benzene rings is 1. The molecule has 14 heavy (non-hydrogen) atoms. The van der Waals surface area contributed by atoms with Gasteiger partial charge in [-0.3, -0.25) is 4.55 Å². The van der Waals surface area contributed by atoms with Gasteiger partial charge in [-0.25, -0.2) is 0 Å². The molecule has 1 rings (SSSR count). The molecule has 0 aliphatic carbocycles. The van der Waals surface area contributed by atoms with Gasteiger partial charge in [0.25, 0.3) is 10.1 Å². The summed E-state index contributed by atoms with van der Waals surface area (Å²) in [6.45, 7) is 1.21. The van der Waals surface area contributed by atoms with Crippen LogP contribution < -0.4 is 5.32 Å². The van der Waals surface area contributed by atoms with Crippen LogP contribution in [-0.4, -0.2) is 24.6 Å². The molecule has 0 aromatic heterocycles. The summed E-state index contributed by atoms with van der Waals surface area (Å²) in [6.07, 6.45) is 0. The van der Waals surface area contributed by atoms with Gasteiger partial charge in [0.1, 0.15) is 0 Å². The lowest BCUT2D eigenvalue weighted by molar-refractivity contribution is 0.395. The third-order valence-electron chi connectivity index (χ3n) is 1.55. The van der Waals surface area contributed by atoms with Crippen LogP contribution in [0.4, 0.5) is 5.69 Å². The van der Waals surface area contributed by atoms with E-state index in [9.17, 15) is 8.42 Å². The Morgan fingerprint density at radius 1 is 1.29 bits per heavy atom. The van der Waals surface area contributed by atoms with Gasteiger partial charge >= 0.3 is 0 Å². The normalized spacial score (nSPS) is 11.3. The Labute approximate surface area is 82.1 Å². The second kappa shape index (κ2) is 4.41. The zero-order chi connectivity index (χ0) is 10.6. The average Bonchev–Trinajstić information content (AvgIpc) is 2.14. The summed E-state index contributed by atoms with van der Waals surface area (Å²) < 4.78 is 30.0. The number of aliphatic hydroxyl groups excluding tert-OH is 1. The molecule has 0 amide bonds. The molecule has 77 valence electrons. The van der Waals surface area contributed by atoms with E-state index in [-0.39, 0.29) is 11.4 Å². The van der Waals surface area contributed by atoms with Crippen LogP contribution in [0.2, 0.25) is 0 Å². The summed E-state index contributed by atoms with van der Waals surface area (Å²) in [5.74, 6) is 0. The van der Waals surface area contributed by atoms with Gasteiger partial charge < -0.3 is 10.4 Å². The molecule has 1 radical (unpaired) electrons. The molecule has 5 nitrogen and oxygen atoms in total. The highest BCUT2D eigenvalue weighted by molar-refractivity contribution is 7.85. The summed E-state index contributed by atoms with van der Waals surface area (Å²) in [5, 5.41) is 11.2. The molecule has 0 saturated heterocycles. The number of anilines is 1. The minimum Gasteiger partial charge on any atom is -0.389 e. The van der Waals surface area contributed by atoms with Crippen LogP contribution in [0.5, 0.6) is 0 Å². The molecule has 1 aromatic carbocycles. The van der Waals surface area contributed by atoms with Crippen molar-refractivity contribution in [3.05, 3.63) is 30.9 Å². The van der Waals surface area contributed by atoms with Gasteiger partial charge in [0, 0.05) is 12.2 Å². The maximum absolute atomic E-state index is 10.6. The highest BCUT2D eigenvalue weighted by atomic mass is 32.2. The largest absolute Gasteiger partial charge is 0.389 e. The molecule has 1 aromatic rings. The minimum atomic E-state index is -4.13. The molecule has 3 N–H and O–H groups in total. The standard InChI is InChI=1S/C8H10NO4S/c10-6-5-9-7-1-3-8(4-2-7)14(11,12)13/h1-4,6,9-10H,5H2,(H,11,12,13). The minimum absolute atomic E-state index is 0.156. The number of hydrogen-bond acceptors (Lipinski definition) is 4. The lowest BCUT2D eigenvalue weighted by atomic mass is 10.3. The zero-order valence-electron chi connectivity index (χ0n) is 7.21. The Bertz CT molecular complexity index is 384. The quantitative estimate of drug-likeness (QED) is 0.650. The first-order valence-corrected chi connectivity index (χ1v) is 5.25. The van der Waals surface area contributed by atoms with E-state index in [0.717, 1.165) is 6.61 Å². The van der Waals surface area contributed by atoms with E-state index in [1.807, 2.05) is 0 Å². The van der Waals surface area contributed by atoms with Crippen molar-refractivity contribution in [3.63, 3.8) is 0 Å². The van der Waals surface area contributed by atoms with Crippen molar-refractivity contribution >= 4 is 15.8 Å². The molecular weight excluding hydrogens is 206 g/mol. The fraction of sp³-hybridized carbons (Fsp3) is 0.125. The lowest BCUT2D eigenvalue weighted by Crippen LogP contribution is -2.02. The Morgan fingerprint density at radius 3 is 2.29 bits per heavy atom. The predicted molar refractivity (Wildman–Crippen MR) is 51.0 cm³/mol. The summed E-state index contributed by atoms with van der Waals surface area (Å²) in [6, 6.07) is 5.53. The fourth-order valence-electron chi connectivity index (χ4n) is 0.908. The third kappa shape index (κ3) is 2.99.